The van der Waals surface area contributed by atoms with Crippen LogP contribution in [0.2, 0.25) is 0 Å². The van der Waals surface area contributed by atoms with Crippen LogP contribution < -0.4 is 5.73 Å². The Morgan fingerprint density at radius 1 is 1.13 bits per heavy atom. The van der Waals surface area contributed by atoms with Crippen molar-refractivity contribution in [2.75, 3.05) is 6.54 Å². The molecule has 1 saturated heterocycles. The average Bonchev–Trinajstić information content (AvgIpc) is 2.92. The third-order valence-corrected chi connectivity index (χ3v) is 5.02. The van der Waals surface area contributed by atoms with Gasteiger partial charge < -0.3 is 15.4 Å². The van der Waals surface area contributed by atoms with Gasteiger partial charge in [-0.15, -0.1) is 0 Å². The number of esters is 1. The summed E-state index contributed by atoms with van der Waals surface area (Å²) in [6, 6.07) is -1.08. The fraction of sp³-hybridized carbons (Fsp3) is 0.889. The van der Waals surface area contributed by atoms with E-state index in [1.54, 1.807) is 4.90 Å². The van der Waals surface area contributed by atoms with Crippen LogP contribution in [0.25, 0.3) is 0 Å². The van der Waals surface area contributed by atoms with E-state index in [-0.39, 0.29) is 23.2 Å². The lowest BCUT2D eigenvalue weighted by atomic mass is 9.86. The summed E-state index contributed by atoms with van der Waals surface area (Å²) in [7, 11) is 0. The highest BCUT2D eigenvalue weighted by Gasteiger charge is 2.52. The van der Waals surface area contributed by atoms with Crippen molar-refractivity contribution in [2.45, 2.75) is 78.5 Å². The van der Waals surface area contributed by atoms with Crippen molar-refractivity contribution in [3.8, 4) is 0 Å². The molecule has 23 heavy (non-hydrogen) atoms. The molecule has 1 heterocycles. The summed E-state index contributed by atoms with van der Waals surface area (Å²) in [4.78, 5) is 27.3. The van der Waals surface area contributed by atoms with Gasteiger partial charge >= 0.3 is 5.97 Å². The van der Waals surface area contributed by atoms with Gasteiger partial charge in [0, 0.05) is 6.54 Å². The van der Waals surface area contributed by atoms with Crippen molar-refractivity contribution in [2.24, 2.45) is 23.0 Å². The molecule has 1 aliphatic carbocycles. The highest BCUT2D eigenvalue weighted by molar-refractivity contribution is 5.89. The molecular weight excluding hydrogens is 292 g/mol. The minimum atomic E-state index is -0.605. The third kappa shape index (κ3) is 3.87. The van der Waals surface area contributed by atoms with E-state index in [4.69, 9.17) is 10.5 Å². The summed E-state index contributed by atoms with van der Waals surface area (Å²) in [5.74, 6) is 0.230. The van der Waals surface area contributed by atoms with Gasteiger partial charge in [-0.05, 0) is 50.9 Å². The van der Waals surface area contributed by atoms with Gasteiger partial charge in [0.1, 0.15) is 11.6 Å². The molecule has 5 nitrogen and oxygen atoms in total. The van der Waals surface area contributed by atoms with E-state index in [0.29, 0.717) is 12.5 Å². The Bertz CT molecular complexity index is 476. The second-order valence-corrected chi connectivity index (χ2v) is 9.17. The molecule has 2 N–H and O–H groups in total. The van der Waals surface area contributed by atoms with Crippen LogP contribution in [-0.4, -0.2) is 41.0 Å². The van der Waals surface area contributed by atoms with Crippen LogP contribution in [0.15, 0.2) is 0 Å². The van der Waals surface area contributed by atoms with Crippen LogP contribution in [0.1, 0.15) is 60.8 Å². The Morgan fingerprint density at radius 3 is 2.26 bits per heavy atom. The lowest BCUT2D eigenvalue weighted by molar-refractivity contribution is -0.165. The van der Waals surface area contributed by atoms with Gasteiger partial charge in [0.25, 0.3) is 0 Å². The molecule has 1 saturated carbocycles. The fourth-order valence-corrected chi connectivity index (χ4v) is 3.75. The molecule has 4 atom stereocenters. The maximum Gasteiger partial charge on any atom is 0.329 e. The number of nitrogens with zero attached hydrogens (tertiary/aromatic N) is 1. The minimum Gasteiger partial charge on any atom is -0.458 e. The smallest absolute Gasteiger partial charge is 0.329 e. The first-order chi connectivity index (χ1) is 10.4. The molecule has 5 heteroatoms. The molecule has 0 aromatic heterocycles. The summed E-state index contributed by atoms with van der Waals surface area (Å²) >= 11 is 0. The molecule has 0 aromatic rings. The molecule has 0 radical (unpaired) electrons. The molecule has 0 spiro atoms. The number of likely N-dealkylation sites (tertiary alicyclic amines) is 1. The van der Waals surface area contributed by atoms with Crippen molar-refractivity contribution < 1.29 is 14.3 Å². The van der Waals surface area contributed by atoms with Crippen LogP contribution >= 0.6 is 0 Å². The van der Waals surface area contributed by atoms with E-state index in [2.05, 4.69) is 0 Å². The van der Waals surface area contributed by atoms with Gasteiger partial charge in [-0.1, -0.05) is 27.2 Å². The van der Waals surface area contributed by atoms with Gasteiger partial charge in [0.2, 0.25) is 5.91 Å². The van der Waals surface area contributed by atoms with Crippen molar-refractivity contribution in [3.63, 3.8) is 0 Å². The van der Waals surface area contributed by atoms with Crippen LogP contribution in [0, 0.1) is 17.3 Å². The SMILES string of the molecule is CC(C)(C)OC(=O)C1[C@H]2CCC[C@H]2CN1C(=O)[C@@H](N)C(C)(C)C. The number of amides is 1. The van der Waals surface area contributed by atoms with E-state index in [0.717, 1.165) is 19.3 Å². The Hall–Kier alpha value is -1.10. The largest absolute Gasteiger partial charge is 0.458 e. The van der Waals surface area contributed by atoms with E-state index < -0.39 is 17.7 Å². The third-order valence-electron chi connectivity index (χ3n) is 5.02. The maximum absolute atomic E-state index is 12.9. The number of rotatable bonds is 2. The number of carbonyl (C=O) groups excluding carboxylic acids is 2. The van der Waals surface area contributed by atoms with Crippen molar-refractivity contribution in [1.29, 1.82) is 0 Å². The number of nitrogens with two attached hydrogens (primary N) is 1. The summed E-state index contributed by atoms with van der Waals surface area (Å²) in [5, 5.41) is 0. The zero-order chi connectivity index (χ0) is 17.6. The minimum absolute atomic E-state index is 0.122. The molecular formula is C18H32N2O3. The molecule has 132 valence electrons. The Morgan fingerprint density at radius 2 is 1.74 bits per heavy atom. The summed E-state index contributed by atoms with van der Waals surface area (Å²) < 4.78 is 5.60. The monoisotopic (exact) mass is 324 g/mol. The number of fused-ring (bicyclic) bond motifs is 1. The standard InChI is InChI=1S/C18H32N2O3/c1-17(2,3)14(19)15(21)20-10-11-8-7-9-12(11)13(20)16(22)23-18(4,5)6/h11-14H,7-10,19H2,1-6H3/t11-,12-,13?,14+/m0/s1. The lowest BCUT2D eigenvalue weighted by Gasteiger charge is -2.34. The van der Waals surface area contributed by atoms with Crippen LogP contribution in [0.3, 0.4) is 0 Å². The van der Waals surface area contributed by atoms with E-state index in [9.17, 15) is 9.59 Å². The molecule has 0 bridgehead atoms. The van der Waals surface area contributed by atoms with Gasteiger partial charge in [0.05, 0.1) is 6.04 Å². The number of hydrogen-bond donors (Lipinski definition) is 1. The zero-order valence-electron chi connectivity index (χ0n) is 15.4. The second kappa shape index (κ2) is 6.08. The second-order valence-electron chi connectivity index (χ2n) is 9.17. The quantitative estimate of drug-likeness (QED) is 0.791. The Kier molecular flexibility index (Phi) is 4.82. The molecule has 1 amide bonds. The van der Waals surface area contributed by atoms with Crippen molar-refractivity contribution in [1.82, 2.24) is 4.90 Å². The fourth-order valence-electron chi connectivity index (χ4n) is 3.75. The number of hydrogen-bond acceptors (Lipinski definition) is 4. The van der Waals surface area contributed by atoms with Crippen molar-refractivity contribution >= 4 is 11.9 Å². The lowest BCUT2D eigenvalue weighted by Crippen LogP contribution is -2.55. The van der Waals surface area contributed by atoms with E-state index >= 15 is 0 Å². The summed E-state index contributed by atoms with van der Waals surface area (Å²) in [5.41, 5.74) is 5.30. The molecule has 1 aliphatic heterocycles. The molecule has 2 aliphatic rings. The zero-order valence-corrected chi connectivity index (χ0v) is 15.4. The number of ether oxygens (including phenoxy) is 1. The topological polar surface area (TPSA) is 72.6 Å². The molecule has 0 aromatic carbocycles. The highest BCUT2D eigenvalue weighted by atomic mass is 16.6. The highest BCUT2D eigenvalue weighted by Crippen LogP contribution is 2.43. The van der Waals surface area contributed by atoms with Crippen LogP contribution in [0.4, 0.5) is 0 Å². The first-order valence-electron chi connectivity index (χ1n) is 8.71. The van der Waals surface area contributed by atoms with Gasteiger partial charge in [0.15, 0.2) is 0 Å². The molecule has 2 fully saturated rings. The van der Waals surface area contributed by atoms with E-state index in [1.807, 2.05) is 41.5 Å². The van der Waals surface area contributed by atoms with Gasteiger partial charge in [-0.3, -0.25) is 4.79 Å². The van der Waals surface area contributed by atoms with E-state index in [1.165, 1.54) is 0 Å². The predicted octanol–water partition coefficient (Wildman–Crippen LogP) is 2.33. The first kappa shape index (κ1) is 18.2. The van der Waals surface area contributed by atoms with Crippen LogP contribution in [0.5, 0.6) is 0 Å². The molecule has 1 unspecified atom stereocenters. The maximum atomic E-state index is 12.9. The molecule has 2 rings (SSSR count). The first-order valence-corrected chi connectivity index (χ1v) is 8.71. The van der Waals surface area contributed by atoms with Crippen LogP contribution in [-0.2, 0) is 14.3 Å². The van der Waals surface area contributed by atoms with Crippen molar-refractivity contribution in [3.05, 3.63) is 0 Å². The predicted molar refractivity (Wildman–Crippen MR) is 89.6 cm³/mol. The summed E-state index contributed by atoms with van der Waals surface area (Å²) in [6.07, 6.45) is 3.20. The van der Waals surface area contributed by atoms with Gasteiger partial charge in [-0.25, -0.2) is 4.79 Å². The van der Waals surface area contributed by atoms with Gasteiger partial charge in [-0.2, -0.15) is 0 Å². The Balaban J connectivity index is 2.23. The summed E-state index contributed by atoms with van der Waals surface area (Å²) in [6.45, 7) is 12.1. The Labute approximate surface area is 139 Å². The average molecular weight is 324 g/mol. The normalized spacial score (nSPS) is 29.3. The number of carbonyl (C=O) groups is 2.